The Morgan fingerprint density at radius 2 is 2.12 bits per heavy atom. The standard InChI is InChI=1S/C20H29N5O6S/c1-8-15-14(9(2)26)19(28)25(15)16(20(29)30)17(8)32-11-3-12(22-5-11)18(27)24-6-10(4-21)13(7-24)23-31/h8-12,14-15,22,26,31H,3-7,21H2,1-2H3,(H,29,30)/b23-13-/t8-,9-,10?,11+,12+,14-,15-/m1/s1. The Morgan fingerprint density at radius 3 is 2.69 bits per heavy atom. The molecule has 3 fully saturated rings. The number of nitrogens with one attached hydrogen (secondary N) is 1. The summed E-state index contributed by atoms with van der Waals surface area (Å²) in [6, 6.07) is -0.768. The quantitative estimate of drug-likeness (QED) is 0.184. The maximum Gasteiger partial charge on any atom is 0.353 e. The highest BCUT2D eigenvalue weighted by atomic mass is 32.2. The molecule has 2 amide bonds. The van der Waals surface area contributed by atoms with Crippen LogP contribution in [0.4, 0.5) is 0 Å². The van der Waals surface area contributed by atoms with E-state index in [1.165, 1.54) is 16.7 Å². The van der Waals surface area contributed by atoms with Gasteiger partial charge in [0.1, 0.15) is 5.70 Å². The first-order valence-electron chi connectivity index (χ1n) is 10.8. The van der Waals surface area contributed by atoms with Gasteiger partial charge in [-0.1, -0.05) is 12.1 Å². The van der Waals surface area contributed by atoms with Crippen LogP contribution >= 0.6 is 11.8 Å². The number of nitrogens with two attached hydrogens (primary N) is 1. The molecule has 4 aliphatic heterocycles. The smallest absolute Gasteiger partial charge is 0.353 e. The molecule has 3 saturated heterocycles. The van der Waals surface area contributed by atoms with E-state index in [1.807, 2.05) is 6.92 Å². The van der Waals surface area contributed by atoms with Crippen molar-refractivity contribution in [2.45, 2.75) is 43.7 Å². The third-order valence-electron chi connectivity index (χ3n) is 6.98. The highest BCUT2D eigenvalue weighted by Gasteiger charge is 2.60. The zero-order valence-corrected chi connectivity index (χ0v) is 18.8. The van der Waals surface area contributed by atoms with Crippen LogP contribution in [0.15, 0.2) is 15.8 Å². The van der Waals surface area contributed by atoms with Crippen LogP contribution in [0.5, 0.6) is 0 Å². The van der Waals surface area contributed by atoms with Crippen LogP contribution in [-0.4, -0.2) is 98.3 Å². The first-order valence-corrected chi connectivity index (χ1v) is 11.7. The zero-order valence-electron chi connectivity index (χ0n) is 18.0. The lowest BCUT2D eigenvalue weighted by Crippen LogP contribution is -2.63. The number of fused-ring (bicyclic) bond motifs is 1. The number of β-lactam (4-membered cyclic amide) rings is 1. The Hall–Kier alpha value is -2.15. The molecule has 4 heterocycles. The molecule has 1 unspecified atom stereocenters. The van der Waals surface area contributed by atoms with Crippen LogP contribution in [0, 0.1) is 17.8 Å². The van der Waals surface area contributed by atoms with E-state index < -0.39 is 24.0 Å². The van der Waals surface area contributed by atoms with Gasteiger partial charge >= 0.3 is 5.97 Å². The third kappa shape index (κ3) is 3.58. The minimum atomic E-state index is -1.15. The van der Waals surface area contributed by atoms with Crippen molar-refractivity contribution in [3.05, 3.63) is 10.6 Å². The highest BCUT2D eigenvalue weighted by molar-refractivity contribution is 8.03. The van der Waals surface area contributed by atoms with Crippen molar-refractivity contribution in [2.24, 2.45) is 28.6 Å². The number of nitrogens with zero attached hydrogens (tertiary/aromatic N) is 3. The fourth-order valence-corrected chi connectivity index (χ4v) is 6.79. The number of hydrogen-bond donors (Lipinski definition) is 5. The van der Waals surface area contributed by atoms with E-state index in [0.29, 0.717) is 36.7 Å². The van der Waals surface area contributed by atoms with Gasteiger partial charge in [0.2, 0.25) is 11.8 Å². The van der Waals surface area contributed by atoms with Crippen LogP contribution in [-0.2, 0) is 14.4 Å². The van der Waals surface area contributed by atoms with Crippen molar-refractivity contribution in [3.63, 3.8) is 0 Å². The van der Waals surface area contributed by atoms with Crippen molar-refractivity contribution in [1.29, 1.82) is 0 Å². The Kier molecular flexibility index (Phi) is 6.23. The summed E-state index contributed by atoms with van der Waals surface area (Å²) in [5.74, 6) is -2.55. The minimum Gasteiger partial charge on any atom is -0.477 e. The third-order valence-corrected chi connectivity index (χ3v) is 8.49. The molecule has 176 valence electrons. The van der Waals surface area contributed by atoms with Crippen LogP contribution in [0.2, 0.25) is 0 Å². The molecule has 0 aromatic carbocycles. The van der Waals surface area contributed by atoms with Crippen molar-refractivity contribution >= 4 is 35.3 Å². The van der Waals surface area contributed by atoms with Gasteiger partial charge in [-0.3, -0.25) is 9.59 Å². The number of aliphatic carboxylic acids is 1. The van der Waals surface area contributed by atoms with Gasteiger partial charge in [-0.15, -0.1) is 11.8 Å². The Bertz CT molecular complexity index is 892. The molecule has 11 nitrogen and oxygen atoms in total. The number of aliphatic hydroxyl groups excluding tert-OH is 1. The number of carbonyl (C=O) groups is 3. The van der Waals surface area contributed by atoms with E-state index in [1.54, 1.807) is 11.8 Å². The summed E-state index contributed by atoms with van der Waals surface area (Å²) in [5, 5.41) is 35.3. The predicted octanol–water partition coefficient (Wildman–Crippen LogP) is -1.15. The van der Waals surface area contributed by atoms with Gasteiger partial charge < -0.3 is 36.3 Å². The van der Waals surface area contributed by atoms with Gasteiger partial charge in [0.05, 0.1) is 36.4 Å². The van der Waals surface area contributed by atoms with Gasteiger partial charge in [0.25, 0.3) is 0 Å². The number of carboxylic acid groups (broad SMARTS) is 1. The second kappa shape index (κ2) is 8.65. The van der Waals surface area contributed by atoms with Crippen LogP contribution in [0.1, 0.15) is 20.3 Å². The largest absolute Gasteiger partial charge is 0.477 e. The fourth-order valence-electron chi connectivity index (χ4n) is 5.31. The van der Waals surface area contributed by atoms with E-state index in [2.05, 4.69) is 10.5 Å². The summed E-state index contributed by atoms with van der Waals surface area (Å²) in [4.78, 5) is 41.0. The van der Waals surface area contributed by atoms with Gasteiger partial charge in [0, 0.05) is 41.6 Å². The maximum absolute atomic E-state index is 13.0. The normalized spacial score (nSPS) is 36.6. The molecule has 0 radical (unpaired) electrons. The Labute approximate surface area is 189 Å². The first-order chi connectivity index (χ1) is 15.2. The second-order valence-electron chi connectivity index (χ2n) is 8.95. The molecule has 32 heavy (non-hydrogen) atoms. The molecule has 0 aromatic rings. The topological polar surface area (TPSA) is 169 Å². The average molecular weight is 468 g/mol. The molecule has 7 atom stereocenters. The number of carbonyl (C=O) groups excluding carboxylic acids is 2. The monoisotopic (exact) mass is 467 g/mol. The van der Waals surface area contributed by atoms with Crippen LogP contribution < -0.4 is 11.1 Å². The SMILES string of the molecule is C[C@@H](O)[C@H]1C(=O)N2C(C(=O)O)=C(S[C@@H]3CN[C@H](C(=O)N4C/C(=N/O)C(CN)C4)C3)[C@H](C)[C@H]12. The Morgan fingerprint density at radius 1 is 1.41 bits per heavy atom. The summed E-state index contributed by atoms with van der Waals surface area (Å²) in [6.45, 7) is 4.92. The number of aliphatic hydroxyl groups is 1. The summed E-state index contributed by atoms with van der Waals surface area (Å²) in [7, 11) is 0. The Balaban J connectivity index is 1.44. The molecule has 0 spiro atoms. The van der Waals surface area contributed by atoms with Crippen molar-refractivity contribution in [1.82, 2.24) is 15.1 Å². The van der Waals surface area contributed by atoms with E-state index in [0.717, 1.165) is 0 Å². The molecule has 0 bridgehead atoms. The first kappa shape index (κ1) is 23.0. The summed E-state index contributed by atoms with van der Waals surface area (Å²) < 4.78 is 0. The lowest BCUT2D eigenvalue weighted by atomic mass is 9.79. The molecule has 4 rings (SSSR count). The molecular weight excluding hydrogens is 438 g/mol. The number of oxime groups is 1. The summed E-state index contributed by atoms with van der Waals surface area (Å²) >= 11 is 1.40. The van der Waals surface area contributed by atoms with Gasteiger partial charge in [-0.05, 0) is 13.3 Å². The van der Waals surface area contributed by atoms with E-state index >= 15 is 0 Å². The number of hydrogen-bond acceptors (Lipinski definition) is 9. The van der Waals surface area contributed by atoms with Gasteiger partial charge in [0.15, 0.2) is 0 Å². The predicted molar refractivity (Wildman–Crippen MR) is 116 cm³/mol. The van der Waals surface area contributed by atoms with Crippen LogP contribution in [0.25, 0.3) is 0 Å². The molecular formula is C20H29N5O6S. The van der Waals surface area contributed by atoms with Gasteiger partial charge in [-0.2, -0.15) is 0 Å². The summed E-state index contributed by atoms with van der Waals surface area (Å²) in [6.07, 6.45) is -0.327. The van der Waals surface area contributed by atoms with Gasteiger partial charge in [-0.25, -0.2) is 4.79 Å². The van der Waals surface area contributed by atoms with Crippen molar-refractivity contribution in [3.8, 4) is 0 Å². The lowest BCUT2D eigenvalue weighted by molar-refractivity contribution is -0.163. The number of thioether (sulfide) groups is 1. The van der Waals surface area contributed by atoms with Crippen molar-refractivity contribution in [2.75, 3.05) is 26.2 Å². The minimum absolute atomic E-state index is 0.00157. The van der Waals surface area contributed by atoms with Crippen molar-refractivity contribution < 1.29 is 29.8 Å². The molecule has 0 saturated carbocycles. The number of amides is 2. The lowest BCUT2D eigenvalue weighted by Gasteiger charge is -2.46. The number of carboxylic acids is 1. The van der Waals surface area contributed by atoms with Crippen LogP contribution in [0.3, 0.4) is 0 Å². The molecule has 0 aliphatic carbocycles. The van der Waals surface area contributed by atoms with E-state index in [9.17, 15) is 24.6 Å². The number of likely N-dealkylation sites (tertiary alicyclic amines) is 1. The zero-order chi connectivity index (χ0) is 23.3. The second-order valence-corrected chi connectivity index (χ2v) is 10.3. The molecule has 6 N–H and O–H groups in total. The average Bonchev–Trinajstić information content (AvgIpc) is 3.43. The fraction of sp³-hybridized carbons (Fsp3) is 0.700. The molecule has 4 aliphatic rings. The molecule has 12 heteroatoms. The van der Waals surface area contributed by atoms with E-state index in [4.69, 9.17) is 10.9 Å². The maximum atomic E-state index is 13.0. The molecule has 0 aromatic heterocycles. The number of rotatable bonds is 6. The summed E-state index contributed by atoms with van der Waals surface area (Å²) in [5.41, 5.74) is 6.20. The van der Waals surface area contributed by atoms with E-state index in [-0.39, 0.29) is 47.2 Å². The highest BCUT2D eigenvalue weighted by Crippen LogP contribution is 2.51.